The van der Waals surface area contributed by atoms with Crippen molar-refractivity contribution in [2.24, 2.45) is 17.6 Å². The van der Waals surface area contributed by atoms with Crippen LogP contribution in [0.4, 0.5) is 0 Å². The summed E-state index contributed by atoms with van der Waals surface area (Å²) in [5.74, 6) is 1.04. The third-order valence-electron chi connectivity index (χ3n) is 3.42. The summed E-state index contributed by atoms with van der Waals surface area (Å²) in [6, 6.07) is 0.238. The normalized spacial score (nSPS) is 27.1. The predicted molar refractivity (Wildman–Crippen MR) is 64.0 cm³/mol. The van der Waals surface area contributed by atoms with Gasteiger partial charge in [-0.1, -0.05) is 13.8 Å². The van der Waals surface area contributed by atoms with Gasteiger partial charge in [0.2, 0.25) is 5.91 Å². The number of nitrogens with two attached hydrogens (primary N) is 1. The number of carbonyl (C=O) groups is 1. The van der Waals surface area contributed by atoms with Crippen molar-refractivity contribution in [3.05, 3.63) is 0 Å². The lowest BCUT2D eigenvalue weighted by Gasteiger charge is -2.26. The molecule has 2 N–H and O–H groups in total. The number of methoxy groups -OCH3 is 1. The van der Waals surface area contributed by atoms with Crippen LogP contribution in [0.5, 0.6) is 0 Å². The van der Waals surface area contributed by atoms with E-state index in [0.717, 1.165) is 13.0 Å². The van der Waals surface area contributed by atoms with Gasteiger partial charge in [-0.3, -0.25) is 4.79 Å². The Bertz CT molecular complexity index is 233. The topological polar surface area (TPSA) is 55.6 Å². The molecule has 0 saturated carbocycles. The molecule has 0 spiro atoms. The number of nitrogens with zero attached hydrogens (tertiary/aromatic N) is 1. The fourth-order valence-corrected chi connectivity index (χ4v) is 2.44. The van der Waals surface area contributed by atoms with Crippen molar-refractivity contribution in [2.45, 2.75) is 32.7 Å². The molecule has 3 atom stereocenters. The summed E-state index contributed by atoms with van der Waals surface area (Å²) >= 11 is 0. The van der Waals surface area contributed by atoms with Gasteiger partial charge in [-0.05, 0) is 18.3 Å². The maximum absolute atomic E-state index is 12.1. The van der Waals surface area contributed by atoms with Gasteiger partial charge in [0.15, 0.2) is 0 Å². The quantitative estimate of drug-likeness (QED) is 0.759. The van der Waals surface area contributed by atoms with Crippen LogP contribution in [-0.4, -0.2) is 43.7 Å². The molecule has 16 heavy (non-hydrogen) atoms. The standard InChI is InChI=1S/C12H24N2O2/c1-9(8-16-3)6-12(15)14-5-4-10(2)11(14)7-13/h9-11H,4-8,13H2,1-3H3. The second-order valence-electron chi connectivity index (χ2n) is 4.92. The van der Waals surface area contributed by atoms with Crippen LogP contribution in [-0.2, 0) is 9.53 Å². The Morgan fingerprint density at radius 1 is 1.62 bits per heavy atom. The summed E-state index contributed by atoms with van der Waals surface area (Å²) in [4.78, 5) is 14.0. The summed E-state index contributed by atoms with van der Waals surface area (Å²) in [6.07, 6.45) is 1.64. The van der Waals surface area contributed by atoms with Crippen molar-refractivity contribution in [1.29, 1.82) is 0 Å². The van der Waals surface area contributed by atoms with E-state index in [1.54, 1.807) is 7.11 Å². The molecule has 0 aromatic heterocycles. The monoisotopic (exact) mass is 228 g/mol. The van der Waals surface area contributed by atoms with Crippen LogP contribution in [0.1, 0.15) is 26.7 Å². The summed E-state index contributed by atoms with van der Waals surface area (Å²) in [5, 5.41) is 0. The molecule has 1 fully saturated rings. The van der Waals surface area contributed by atoms with E-state index in [2.05, 4.69) is 6.92 Å². The van der Waals surface area contributed by atoms with Gasteiger partial charge in [0, 0.05) is 39.3 Å². The molecule has 1 rings (SSSR count). The minimum atomic E-state index is 0.226. The molecule has 0 bridgehead atoms. The Kier molecular flexibility index (Phi) is 5.22. The Morgan fingerprint density at radius 3 is 2.88 bits per heavy atom. The first kappa shape index (κ1) is 13.5. The van der Waals surface area contributed by atoms with Crippen molar-refractivity contribution in [2.75, 3.05) is 26.8 Å². The van der Waals surface area contributed by atoms with Crippen LogP contribution in [0.3, 0.4) is 0 Å². The zero-order valence-corrected chi connectivity index (χ0v) is 10.6. The van der Waals surface area contributed by atoms with E-state index in [-0.39, 0.29) is 17.9 Å². The van der Waals surface area contributed by atoms with E-state index < -0.39 is 0 Å². The maximum atomic E-state index is 12.1. The second-order valence-corrected chi connectivity index (χ2v) is 4.92. The summed E-state index contributed by atoms with van der Waals surface area (Å²) in [5.41, 5.74) is 5.72. The zero-order chi connectivity index (χ0) is 12.1. The smallest absolute Gasteiger partial charge is 0.223 e. The van der Waals surface area contributed by atoms with E-state index in [1.807, 2.05) is 11.8 Å². The average Bonchev–Trinajstić information content (AvgIpc) is 2.59. The summed E-state index contributed by atoms with van der Waals surface area (Å²) < 4.78 is 5.05. The highest BCUT2D eigenvalue weighted by molar-refractivity contribution is 5.77. The molecule has 0 aromatic rings. The van der Waals surface area contributed by atoms with E-state index in [1.165, 1.54) is 0 Å². The lowest BCUT2D eigenvalue weighted by molar-refractivity contribution is -0.133. The number of hydrogen-bond donors (Lipinski definition) is 1. The molecule has 4 heteroatoms. The molecule has 1 saturated heterocycles. The van der Waals surface area contributed by atoms with Crippen molar-refractivity contribution < 1.29 is 9.53 Å². The van der Waals surface area contributed by atoms with Crippen molar-refractivity contribution in [1.82, 2.24) is 4.90 Å². The van der Waals surface area contributed by atoms with Crippen LogP contribution < -0.4 is 5.73 Å². The lowest BCUT2D eigenvalue weighted by atomic mass is 10.0. The number of hydrogen-bond acceptors (Lipinski definition) is 3. The SMILES string of the molecule is COCC(C)CC(=O)N1CCC(C)C1CN. The first-order valence-corrected chi connectivity index (χ1v) is 6.08. The Labute approximate surface area is 98.1 Å². The van der Waals surface area contributed by atoms with Crippen molar-refractivity contribution in [3.8, 4) is 0 Å². The minimum absolute atomic E-state index is 0.226. The number of rotatable bonds is 5. The molecule has 94 valence electrons. The molecule has 1 amide bonds. The second kappa shape index (κ2) is 6.21. The molecule has 0 aromatic carbocycles. The van der Waals surface area contributed by atoms with Gasteiger partial charge < -0.3 is 15.4 Å². The van der Waals surface area contributed by atoms with E-state index >= 15 is 0 Å². The molecule has 3 unspecified atom stereocenters. The van der Waals surface area contributed by atoms with Gasteiger partial charge in [0.05, 0.1) is 0 Å². The Hall–Kier alpha value is -0.610. The first-order valence-electron chi connectivity index (χ1n) is 6.08. The Balaban J connectivity index is 2.47. The van der Waals surface area contributed by atoms with E-state index in [0.29, 0.717) is 25.5 Å². The largest absolute Gasteiger partial charge is 0.384 e. The van der Waals surface area contributed by atoms with E-state index in [9.17, 15) is 4.79 Å². The highest BCUT2D eigenvalue weighted by Gasteiger charge is 2.33. The van der Waals surface area contributed by atoms with E-state index in [4.69, 9.17) is 10.5 Å². The summed E-state index contributed by atoms with van der Waals surface area (Å²) in [7, 11) is 1.67. The molecule has 0 aliphatic carbocycles. The number of carbonyl (C=O) groups excluding carboxylic acids is 1. The number of ether oxygens (including phenoxy) is 1. The molecule has 0 radical (unpaired) electrons. The Morgan fingerprint density at radius 2 is 2.31 bits per heavy atom. The molecule has 1 aliphatic heterocycles. The minimum Gasteiger partial charge on any atom is -0.384 e. The van der Waals surface area contributed by atoms with Crippen LogP contribution in [0, 0.1) is 11.8 Å². The first-order chi connectivity index (χ1) is 7.60. The van der Waals surface area contributed by atoms with Gasteiger partial charge >= 0.3 is 0 Å². The van der Waals surface area contributed by atoms with Gasteiger partial charge in [-0.25, -0.2) is 0 Å². The third-order valence-corrected chi connectivity index (χ3v) is 3.42. The van der Waals surface area contributed by atoms with Crippen LogP contribution in [0.2, 0.25) is 0 Å². The average molecular weight is 228 g/mol. The predicted octanol–water partition coefficient (Wildman–Crippen LogP) is 0.855. The molecule has 1 aliphatic rings. The fourth-order valence-electron chi connectivity index (χ4n) is 2.44. The molecular formula is C12H24N2O2. The van der Waals surface area contributed by atoms with Gasteiger partial charge in [-0.2, -0.15) is 0 Å². The lowest BCUT2D eigenvalue weighted by Crippen LogP contribution is -2.42. The fraction of sp³-hybridized carbons (Fsp3) is 0.917. The highest BCUT2D eigenvalue weighted by Crippen LogP contribution is 2.24. The zero-order valence-electron chi connectivity index (χ0n) is 10.6. The number of amides is 1. The number of likely N-dealkylation sites (tertiary alicyclic amines) is 1. The van der Waals surface area contributed by atoms with Gasteiger partial charge in [0.1, 0.15) is 0 Å². The van der Waals surface area contributed by atoms with Gasteiger partial charge in [-0.15, -0.1) is 0 Å². The molecular weight excluding hydrogens is 204 g/mol. The van der Waals surface area contributed by atoms with Crippen LogP contribution >= 0.6 is 0 Å². The van der Waals surface area contributed by atoms with Crippen molar-refractivity contribution >= 4 is 5.91 Å². The maximum Gasteiger partial charge on any atom is 0.223 e. The molecule has 4 nitrogen and oxygen atoms in total. The third kappa shape index (κ3) is 3.19. The summed E-state index contributed by atoms with van der Waals surface area (Å²) in [6.45, 7) is 6.29. The van der Waals surface area contributed by atoms with Gasteiger partial charge in [0.25, 0.3) is 0 Å². The molecule has 1 heterocycles. The van der Waals surface area contributed by atoms with Crippen LogP contribution in [0.15, 0.2) is 0 Å². The highest BCUT2D eigenvalue weighted by atomic mass is 16.5. The van der Waals surface area contributed by atoms with Crippen molar-refractivity contribution in [3.63, 3.8) is 0 Å². The van der Waals surface area contributed by atoms with Crippen LogP contribution in [0.25, 0.3) is 0 Å².